The quantitative estimate of drug-likeness (QED) is 0.308. The SMILES string of the molecule is CO/C(=N\C(NC(=S)Nc1ccc(C)cc1)C(Cl)(Cl)Cl)c1ccccc1. The van der Waals surface area contributed by atoms with Crippen LogP contribution < -0.4 is 10.6 Å². The minimum absolute atomic E-state index is 0.275. The zero-order chi connectivity index (χ0) is 19.2. The summed E-state index contributed by atoms with van der Waals surface area (Å²) in [5.41, 5.74) is 2.72. The van der Waals surface area contributed by atoms with E-state index in [2.05, 4.69) is 15.6 Å². The van der Waals surface area contributed by atoms with Crippen molar-refractivity contribution >= 4 is 63.7 Å². The summed E-state index contributed by atoms with van der Waals surface area (Å²) in [6, 6.07) is 17.1. The maximum Gasteiger partial charge on any atom is 0.230 e. The third-order valence-corrected chi connectivity index (χ3v) is 4.19. The molecule has 0 bridgehead atoms. The van der Waals surface area contributed by atoms with Crippen molar-refractivity contribution in [3.05, 3.63) is 65.7 Å². The van der Waals surface area contributed by atoms with Gasteiger partial charge in [0.1, 0.15) is 0 Å². The van der Waals surface area contributed by atoms with E-state index in [9.17, 15) is 0 Å². The minimum atomic E-state index is -1.74. The van der Waals surface area contributed by atoms with Crippen molar-refractivity contribution in [2.24, 2.45) is 4.99 Å². The Labute approximate surface area is 173 Å². The average Bonchev–Trinajstić information content (AvgIpc) is 2.60. The molecule has 0 aliphatic carbocycles. The second-order valence-corrected chi connectivity index (χ2v) is 8.19. The number of hydrogen-bond donors (Lipinski definition) is 2. The Bertz CT molecular complexity index is 762. The first kappa shape index (κ1) is 20.8. The van der Waals surface area contributed by atoms with Gasteiger partial charge >= 0.3 is 0 Å². The van der Waals surface area contributed by atoms with Gasteiger partial charge in [0.2, 0.25) is 9.69 Å². The molecule has 2 aromatic rings. The van der Waals surface area contributed by atoms with Crippen molar-refractivity contribution in [1.82, 2.24) is 5.32 Å². The molecule has 1 atom stereocenters. The fraction of sp³-hybridized carbons (Fsp3) is 0.222. The van der Waals surface area contributed by atoms with E-state index in [0.29, 0.717) is 5.90 Å². The molecule has 0 aliphatic heterocycles. The number of rotatable bonds is 4. The number of alkyl halides is 3. The maximum absolute atomic E-state index is 6.07. The Hall–Kier alpha value is -1.53. The molecule has 0 fully saturated rings. The summed E-state index contributed by atoms with van der Waals surface area (Å²) in [6.07, 6.45) is -0.951. The van der Waals surface area contributed by atoms with Crippen LogP contribution in [0.1, 0.15) is 11.1 Å². The molecule has 0 saturated heterocycles. The summed E-state index contributed by atoms with van der Waals surface area (Å²) in [6.45, 7) is 2.00. The van der Waals surface area contributed by atoms with Gasteiger partial charge in [0.15, 0.2) is 11.3 Å². The standard InChI is InChI=1S/C18H18Cl3N3OS/c1-12-8-10-14(11-9-12)22-17(26)24-16(18(19,20)21)23-15(25-2)13-6-4-3-5-7-13/h3-11,16H,1-2H3,(H2,22,24,26)/b23-15-. The summed E-state index contributed by atoms with van der Waals surface area (Å²) in [5.74, 6) is 0.326. The lowest BCUT2D eigenvalue weighted by atomic mass is 10.2. The number of halogens is 3. The molecule has 2 aromatic carbocycles. The Morgan fingerprint density at radius 3 is 2.23 bits per heavy atom. The number of methoxy groups -OCH3 is 1. The fourth-order valence-corrected chi connectivity index (χ4v) is 2.60. The minimum Gasteiger partial charge on any atom is -0.481 e. The number of thiocarbonyl (C=S) groups is 1. The number of ether oxygens (including phenoxy) is 1. The van der Waals surface area contributed by atoms with Crippen molar-refractivity contribution in [2.45, 2.75) is 16.9 Å². The van der Waals surface area contributed by atoms with Crippen LogP contribution in [0.15, 0.2) is 59.6 Å². The zero-order valence-corrected chi connectivity index (χ0v) is 17.3. The summed E-state index contributed by atoms with van der Waals surface area (Å²) in [5, 5.41) is 6.22. The van der Waals surface area contributed by atoms with Gasteiger partial charge in [-0.3, -0.25) is 0 Å². The van der Waals surface area contributed by atoms with Crippen LogP contribution in [-0.4, -0.2) is 28.1 Å². The number of anilines is 1. The Balaban J connectivity index is 2.18. The lowest BCUT2D eigenvalue weighted by Crippen LogP contribution is -2.45. The van der Waals surface area contributed by atoms with Crippen molar-refractivity contribution < 1.29 is 4.74 Å². The molecule has 138 valence electrons. The Kier molecular flexibility index (Phi) is 7.53. The van der Waals surface area contributed by atoms with Crippen LogP contribution in [0.4, 0.5) is 5.69 Å². The molecule has 8 heteroatoms. The van der Waals surface area contributed by atoms with Gasteiger partial charge in [0, 0.05) is 11.3 Å². The van der Waals surface area contributed by atoms with E-state index in [4.69, 9.17) is 51.8 Å². The molecule has 0 heterocycles. The molecule has 26 heavy (non-hydrogen) atoms. The van der Waals surface area contributed by atoms with E-state index < -0.39 is 9.96 Å². The molecule has 1 unspecified atom stereocenters. The molecule has 2 rings (SSSR count). The summed E-state index contributed by atoms with van der Waals surface area (Å²) >= 11 is 23.5. The van der Waals surface area contributed by atoms with Gasteiger partial charge in [-0.15, -0.1) is 0 Å². The maximum atomic E-state index is 6.07. The van der Waals surface area contributed by atoms with Crippen molar-refractivity contribution in [1.29, 1.82) is 0 Å². The molecular weight excluding hydrogens is 413 g/mol. The summed E-state index contributed by atoms with van der Waals surface area (Å²) < 4.78 is 3.61. The van der Waals surface area contributed by atoms with Crippen molar-refractivity contribution in [3.63, 3.8) is 0 Å². The third kappa shape index (κ3) is 6.32. The van der Waals surface area contributed by atoms with Gasteiger partial charge in [0.05, 0.1) is 7.11 Å². The number of hydrogen-bond acceptors (Lipinski definition) is 3. The Morgan fingerprint density at radius 1 is 1.08 bits per heavy atom. The van der Waals surface area contributed by atoms with Gasteiger partial charge in [-0.2, -0.15) is 0 Å². The van der Waals surface area contributed by atoms with Crippen LogP contribution in [0.25, 0.3) is 0 Å². The lowest BCUT2D eigenvalue weighted by Gasteiger charge is -2.24. The highest BCUT2D eigenvalue weighted by atomic mass is 35.6. The smallest absolute Gasteiger partial charge is 0.230 e. The number of aliphatic imine (C=N–C) groups is 1. The summed E-state index contributed by atoms with van der Waals surface area (Å²) in [4.78, 5) is 4.39. The van der Waals surface area contributed by atoms with Crippen LogP contribution in [0.2, 0.25) is 0 Å². The monoisotopic (exact) mass is 429 g/mol. The van der Waals surface area contributed by atoms with Crippen LogP contribution in [0.5, 0.6) is 0 Å². The van der Waals surface area contributed by atoms with Crippen LogP contribution >= 0.6 is 47.0 Å². The molecule has 0 amide bonds. The van der Waals surface area contributed by atoms with Gasteiger partial charge in [0.25, 0.3) is 0 Å². The first-order chi connectivity index (χ1) is 12.3. The van der Waals surface area contributed by atoms with Crippen molar-refractivity contribution in [2.75, 3.05) is 12.4 Å². The molecule has 0 aromatic heterocycles. The zero-order valence-electron chi connectivity index (χ0n) is 14.2. The van der Waals surface area contributed by atoms with Crippen LogP contribution in [-0.2, 0) is 4.74 Å². The predicted octanol–water partition coefficient (Wildman–Crippen LogP) is 5.07. The van der Waals surface area contributed by atoms with E-state index in [1.165, 1.54) is 7.11 Å². The highest BCUT2D eigenvalue weighted by molar-refractivity contribution is 7.80. The second-order valence-electron chi connectivity index (χ2n) is 5.41. The van der Waals surface area contributed by atoms with Crippen LogP contribution in [0, 0.1) is 6.92 Å². The second kappa shape index (κ2) is 9.42. The molecule has 0 saturated carbocycles. The highest BCUT2D eigenvalue weighted by Gasteiger charge is 2.34. The molecular formula is C18H18Cl3N3OS. The van der Waals surface area contributed by atoms with E-state index in [-0.39, 0.29) is 5.11 Å². The Morgan fingerprint density at radius 2 is 1.69 bits per heavy atom. The first-order valence-electron chi connectivity index (χ1n) is 7.67. The number of benzene rings is 2. The normalized spacial score (nSPS) is 13.0. The largest absolute Gasteiger partial charge is 0.481 e. The molecule has 0 radical (unpaired) electrons. The number of aryl methyl sites for hydroxylation is 1. The average molecular weight is 431 g/mol. The lowest BCUT2D eigenvalue weighted by molar-refractivity contribution is 0.397. The van der Waals surface area contributed by atoms with Crippen LogP contribution in [0.3, 0.4) is 0 Å². The predicted molar refractivity (Wildman–Crippen MR) is 115 cm³/mol. The molecule has 2 N–H and O–H groups in total. The fourth-order valence-electron chi connectivity index (χ4n) is 2.06. The van der Waals surface area contributed by atoms with Crippen molar-refractivity contribution in [3.8, 4) is 0 Å². The van der Waals surface area contributed by atoms with Gasteiger partial charge in [-0.25, -0.2) is 4.99 Å². The third-order valence-electron chi connectivity index (χ3n) is 3.35. The molecule has 4 nitrogen and oxygen atoms in total. The highest BCUT2D eigenvalue weighted by Crippen LogP contribution is 2.31. The number of nitrogens with zero attached hydrogens (tertiary/aromatic N) is 1. The summed E-state index contributed by atoms with van der Waals surface area (Å²) in [7, 11) is 1.50. The van der Waals surface area contributed by atoms with Gasteiger partial charge in [-0.1, -0.05) is 70.7 Å². The van der Waals surface area contributed by atoms with E-state index in [1.807, 2.05) is 61.5 Å². The molecule has 0 spiro atoms. The topological polar surface area (TPSA) is 45.6 Å². The van der Waals surface area contributed by atoms with E-state index in [0.717, 1.165) is 16.8 Å². The van der Waals surface area contributed by atoms with Gasteiger partial charge < -0.3 is 15.4 Å². The van der Waals surface area contributed by atoms with E-state index in [1.54, 1.807) is 0 Å². The number of nitrogens with one attached hydrogen (secondary N) is 2. The first-order valence-corrected chi connectivity index (χ1v) is 9.22. The van der Waals surface area contributed by atoms with Gasteiger partial charge in [-0.05, 0) is 43.4 Å². The molecule has 0 aliphatic rings. The van der Waals surface area contributed by atoms with E-state index >= 15 is 0 Å².